The Bertz CT molecular complexity index is 361. The number of amides is 1. The van der Waals surface area contributed by atoms with Crippen LogP contribution in [0.15, 0.2) is 0 Å². The van der Waals surface area contributed by atoms with Crippen LogP contribution < -0.4 is 5.32 Å². The number of likely N-dealkylation sites (N-methyl/N-ethyl adjacent to an activating group) is 1. The molecular formula is C7H11N5O3. The van der Waals surface area contributed by atoms with E-state index < -0.39 is 5.97 Å². The summed E-state index contributed by atoms with van der Waals surface area (Å²) in [7, 11) is 1.48. The number of nitrogens with zero attached hydrogens (tertiary/aromatic N) is 4. The Morgan fingerprint density at radius 3 is 2.87 bits per heavy atom. The lowest BCUT2D eigenvalue weighted by Crippen LogP contribution is -2.26. The predicted octanol–water partition coefficient (Wildman–Crippen LogP) is -1.40. The van der Waals surface area contributed by atoms with E-state index in [1.807, 2.05) is 0 Å². The van der Waals surface area contributed by atoms with Gasteiger partial charge in [-0.05, 0) is 17.4 Å². The van der Waals surface area contributed by atoms with Gasteiger partial charge in [-0.15, -0.1) is 5.10 Å². The largest absolute Gasteiger partial charge is 0.460 e. The lowest BCUT2D eigenvalue weighted by molar-refractivity contribution is -0.121. The molecule has 1 aromatic heterocycles. The second-order valence-electron chi connectivity index (χ2n) is 2.55. The first-order valence-corrected chi connectivity index (χ1v) is 4.33. The highest BCUT2D eigenvalue weighted by molar-refractivity contribution is 5.86. The summed E-state index contributed by atoms with van der Waals surface area (Å²) in [5.74, 6) is -1.03. The Labute approximate surface area is 85.6 Å². The second kappa shape index (κ2) is 5.03. The molecule has 15 heavy (non-hydrogen) atoms. The monoisotopic (exact) mass is 213 g/mol. The van der Waals surface area contributed by atoms with Crippen molar-refractivity contribution in [3.8, 4) is 0 Å². The van der Waals surface area contributed by atoms with E-state index in [1.165, 1.54) is 7.05 Å². The first-order valence-electron chi connectivity index (χ1n) is 4.33. The molecule has 0 bridgehead atoms. The minimum absolute atomic E-state index is 0.0829. The number of carbonyl (C=O) groups is 2. The number of ether oxygens (including phenoxy) is 1. The van der Waals surface area contributed by atoms with Crippen LogP contribution in [0.25, 0.3) is 0 Å². The molecule has 0 radical (unpaired) electrons. The van der Waals surface area contributed by atoms with Crippen molar-refractivity contribution < 1.29 is 14.3 Å². The Kier molecular flexibility index (Phi) is 3.72. The van der Waals surface area contributed by atoms with Crippen molar-refractivity contribution in [3.05, 3.63) is 5.82 Å². The maximum absolute atomic E-state index is 11.3. The van der Waals surface area contributed by atoms with Crippen LogP contribution in [0.1, 0.15) is 17.5 Å². The summed E-state index contributed by atoms with van der Waals surface area (Å²) in [5.41, 5.74) is 0. The molecule has 8 heteroatoms. The molecule has 0 spiro atoms. The van der Waals surface area contributed by atoms with E-state index in [-0.39, 0.29) is 24.9 Å². The molecule has 0 fully saturated rings. The first kappa shape index (κ1) is 11.1. The minimum atomic E-state index is -0.647. The number of esters is 1. The fourth-order valence-electron chi connectivity index (χ4n) is 0.868. The smallest absolute Gasteiger partial charge is 0.378 e. The van der Waals surface area contributed by atoms with Gasteiger partial charge in [-0.2, -0.15) is 0 Å². The number of carbonyl (C=O) groups excluding carboxylic acids is 2. The third-order valence-electron chi connectivity index (χ3n) is 1.56. The standard InChI is InChI=1S/C7H11N5O3/c1-3-15-7(14)6-9-10-11-12(6)4-5(13)8-2/h3-4H2,1-2H3,(H,8,13). The van der Waals surface area contributed by atoms with Gasteiger partial charge in [0, 0.05) is 7.05 Å². The topological polar surface area (TPSA) is 99.0 Å². The number of tetrazole rings is 1. The summed E-state index contributed by atoms with van der Waals surface area (Å²) in [6.45, 7) is 1.79. The van der Waals surface area contributed by atoms with Gasteiger partial charge in [0.25, 0.3) is 5.82 Å². The Morgan fingerprint density at radius 2 is 2.27 bits per heavy atom. The van der Waals surface area contributed by atoms with Crippen molar-refractivity contribution in [1.82, 2.24) is 25.5 Å². The van der Waals surface area contributed by atoms with Crippen molar-refractivity contribution in [2.45, 2.75) is 13.5 Å². The molecule has 0 aliphatic rings. The van der Waals surface area contributed by atoms with Gasteiger partial charge in [0.15, 0.2) is 0 Å². The fraction of sp³-hybridized carbons (Fsp3) is 0.571. The summed E-state index contributed by atoms with van der Waals surface area (Å²) in [4.78, 5) is 22.3. The number of rotatable bonds is 4. The molecule has 0 aliphatic carbocycles. The van der Waals surface area contributed by atoms with E-state index in [1.54, 1.807) is 6.92 Å². The zero-order valence-corrected chi connectivity index (χ0v) is 8.43. The molecule has 0 unspecified atom stereocenters. The normalized spacial score (nSPS) is 9.73. The van der Waals surface area contributed by atoms with E-state index in [4.69, 9.17) is 4.74 Å². The van der Waals surface area contributed by atoms with Crippen LogP contribution in [0.5, 0.6) is 0 Å². The molecule has 0 saturated heterocycles. The van der Waals surface area contributed by atoms with Crippen molar-refractivity contribution in [2.75, 3.05) is 13.7 Å². The molecular weight excluding hydrogens is 202 g/mol. The minimum Gasteiger partial charge on any atom is -0.460 e. The molecule has 1 heterocycles. The summed E-state index contributed by atoms with van der Waals surface area (Å²) in [6.07, 6.45) is 0. The molecule has 0 aromatic carbocycles. The van der Waals surface area contributed by atoms with Gasteiger partial charge in [-0.25, -0.2) is 9.48 Å². The fourth-order valence-corrected chi connectivity index (χ4v) is 0.868. The third kappa shape index (κ3) is 2.73. The number of hydrogen-bond acceptors (Lipinski definition) is 6. The average molecular weight is 213 g/mol. The molecule has 0 atom stereocenters. The summed E-state index contributed by atoms with van der Waals surface area (Å²) in [6, 6.07) is 0. The SMILES string of the molecule is CCOC(=O)c1nnnn1CC(=O)NC. The molecule has 1 amide bonds. The van der Waals surface area contributed by atoms with Crippen molar-refractivity contribution >= 4 is 11.9 Å². The summed E-state index contributed by atoms with van der Waals surface area (Å²) in [5, 5.41) is 12.7. The van der Waals surface area contributed by atoms with Crippen LogP contribution in [0, 0.1) is 0 Å². The molecule has 0 aliphatic heterocycles. The first-order chi connectivity index (χ1) is 7.19. The van der Waals surface area contributed by atoms with Crippen LogP contribution in [0.4, 0.5) is 0 Å². The van der Waals surface area contributed by atoms with E-state index in [0.29, 0.717) is 0 Å². The highest BCUT2D eigenvalue weighted by Crippen LogP contribution is 1.95. The molecule has 8 nitrogen and oxygen atoms in total. The zero-order chi connectivity index (χ0) is 11.3. The van der Waals surface area contributed by atoms with Crippen LogP contribution in [-0.4, -0.2) is 45.7 Å². The molecule has 82 valence electrons. The van der Waals surface area contributed by atoms with Gasteiger partial charge in [0.05, 0.1) is 6.61 Å². The number of nitrogens with one attached hydrogen (secondary N) is 1. The Hall–Kier alpha value is -1.99. The lowest BCUT2D eigenvalue weighted by atomic mass is 10.5. The lowest BCUT2D eigenvalue weighted by Gasteiger charge is -2.02. The maximum Gasteiger partial charge on any atom is 0.378 e. The Balaban J connectivity index is 2.77. The van der Waals surface area contributed by atoms with Crippen LogP contribution in [-0.2, 0) is 16.1 Å². The van der Waals surface area contributed by atoms with Crippen LogP contribution >= 0.6 is 0 Å². The second-order valence-corrected chi connectivity index (χ2v) is 2.55. The van der Waals surface area contributed by atoms with Crippen LogP contribution in [0.3, 0.4) is 0 Å². The van der Waals surface area contributed by atoms with E-state index >= 15 is 0 Å². The number of aromatic nitrogens is 4. The predicted molar refractivity (Wildman–Crippen MR) is 47.8 cm³/mol. The number of hydrogen-bond donors (Lipinski definition) is 1. The summed E-state index contributed by atoms with van der Waals surface area (Å²) >= 11 is 0. The highest BCUT2D eigenvalue weighted by Gasteiger charge is 2.17. The molecule has 1 N–H and O–H groups in total. The zero-order valence-electron chi connectivity index (χ0n) is 8.43. The highest BCUT2D eigenvalue weighted by atomic mass is 16.5. The van der Waals surface area contributed by atoms with Crippen LogP contribution in [0.2, 0.25) is 0 Å². The van der Waals surface area contributed by atoms with E-state index in [9.17, 15) is 9.59 Å². The van der Waals surface area contributed by atoms with Crippen molar-refractivity contribution in [1.29, 1.82) is 0 Å². The molecule has 1 aromatic rings. The van der Waals surface area contributed by atoms with Gasteiger partial charge in [-0.1, -0.05) is 0 Å². The average Bonchev–Trinajstić information content (AvgIpc) is 2.66. The van der Waals surface area contributed by atoms with Gasteiger partial charge >= 0.3 is 5.97 Å². The van der Waals surface area contributed by atoms with E-state index in [2.05, 4.69) is 20.8 Å². The van der Waals surface area contributed by atoms with Crippen molar-refractivity contribution in [3.63, 3.8) is 0 Å². The quantitative estimate of drug-likeness (QED) is 0.617. The maximum atomic E-state index is 11.3. The van der Waals surface area contributed by atoms with Gasteiger partial charge in [0.1, 0.15) is 6.54 Å². The van der Waals surface area contributed by atoms with Gasteiger partial charge in [0.2, 0.25) is 5.91 Å². The van der Waals surface area contributed by atoms with Gasteiger partial charge < -0.3 is 10.1 Å². The summed E-state index contributed by atoms with van der Waals surface area (Å²) < 4.78 is 5.79. The third-order valence-corrected chi connectivity index (χ3v) is 1.56. The molecule has 1 rings (SSSR count). The Morgan fingerprint density at radius 1 is 1.53 bits per heavy atom. The molecule has 0 saturated carbocycles. The van der Waals surface area contributed by atoms with E-state index in [0.717, 1.165) is 4.68 Å². The van der Waals surface area contributed by atoms with Crippen molar-refractivity contribution in [2.24, 2.45) is 0 Å². The van der Waals surface area contributed by atoms with Gasteiger partial charge in [-0.3, -0.25) is 4.79 Å².